The van der Waals surface area contributed by atoms with Gasteiger partial charge >= 0.3 is 5.97 Å². The topological polar surface area (TPSA) is 191 Å². The molecule has 0 aromatic heterocycles. The van der Waals surface area contributed by atoms with Gasteiger partial charge in [0.25, 0.3) is 0 Å². The number of Topliss-reactive ketones (excluding diaryl/α,β-unsaturated/α-hetero) is 1. The van der Waals surface area contributed by atoms with Gasteiger partial charge < -0.3 is 31.9 Å². The lowest BCUT2D eigenvalue weighted by Crippen LogP contribution is -2.56. The van der Waals surface area contributed by atoms with Crippen LogP contribution in [0.15, 0.2) is 30.3 Å². The molecule has 0 aliphatic rings. The Labute approximate surface area is 185 Å². The van der Waals surface area contributed by atoms with Crippen LogP contribution in [0.1, 0.15) is 37.0 Å². The highest BCUT2D eigenvalue weighted by Gasteiger charge is 2.30. The smallest absolute Gasteiger partial charge is 0.331 e. The molecule has 0 heterocycles. The second kappa shape index (κ2) is 13.2. The fraction of sp³-hybridized carbons (Fsp3) is 0.476. The van der Waals surface area contributed by atoms with Gasteiger partial charge in [-0.3, -0.25) is 19.2 Å². The number of nitrogens with two attached hydrogens (primary N) is 2. The normalized spacial score (nSPS) is 13.5. The van der Waals surface area contributed by atoms with Gasteiger partial charge in [0.15, 0.2) is 18.4 Å². The molecule has 0 spiro atoms. The van der Waals surface area contributed by atoms with Crippen LogP contribution >= 0.6 is 0 Å². The van der Waals surface area contributed by atoms with Gasteiger partial charge in [-0.2, -0.15) is 0 Å². The fourth-order valence-electron chi connectivity index (χ4n) is 2.70. The van der Waals surface area contributed by atoms with Crippen molar-refractivity contribution in [3.63, 3.8) is 0 Å². The van der Waals surface area contributed by atoms with Crippen LogP contribution in [-0.4, -0.2) is 65.9 Å². The van der Waals surface area contributed by atoms with Gasteiger partial charge in [0.1, 0.15) is 6.04 Å². The molecule has 11 nitrogen and oxygen atoms in total. The van der Waals surface area contributed by atoms with Gasteiger partial charge in [-0.25, -0.2) is 4.79 Å². The first-order valence-electron chi connectivity index (χ1n) is 10.1. The summed E-state index contributed by atoms with van der Waals surface area (Å²) in [6.07, 6.45) is -0.205. The lowest BCUT2D eigenvalue weighted by molar-refractivity contribution is -0.148. The lowest BCUT2D eigenvalue weighted by atomic mass is 10.0. The zero-order valence-electron chi connectivity index (χ0n) is 18.1. The van der Waals surface area contributed by atoms with E-state index in [1.54, 1.807) is 30.3 Å². The van der Waals surface area contributed by atoms with Gasteiger partial charge in [0.2, 0.25) is 17.7 Å². The summed E-state index contributed by atoms with van der Waals surface area (Å²) in [6.45, 7) is 2.29. The van der Waals surface area contributed by atoms with E-state index >= 15 is 0 Å². The number of nitrogens with one attached hydrogen (secondary N) is 2. The van der Waals surface area contributed by atoms with Crippen molar-refractivity contribution in [2.75, 3.05) is 13.2 Å². The summed E-state index contributed by atoms with van der Waals surface area (Å²) in [5.41, 5.74) is 11.3. The van der Waals surface area contributed by atoms with Crippen LogP contribution in [0.5, 0.6) is 0 Å². The monoisotopic (exact) mass is 450 g/mol. The lowest BCUT2D eigenvalue weighted by Gasteiger charge is -2.22. The van der Waals surface area contributed by atoms with Gasteiger partial charge in [-0.15, -0.1) is 0 Å². The van der Waals surface area contributed by atoms with Crippen LogP contribution in [-0.2, 0) is 23.9 Å². The third kappa shape index (κ3) is 9.23. The molecule has 7 N–H and O–H groups in total. The number of aliphatic hydroxyl groups is 1. The largest absolute Gasteiger partial charge is 0.456 e. The Morgan fingerprint density at radius 3 is 2.12 bits per heavy atom. The number of aliphatic hydroxyl groups excluding tert-OH is 1. The van der Waals surface area contributed by atoms with E-state index in [0.29, 0.717) is 12.0 Å². The molecule has 1 rings (SSSR count). The van der Waals surface area contributed by atoms with Crippen LogP contribution in [0, 0.1) is 5.92 Å². The summed E-state index contributed by atoms with van der Waals surface area (Å²) < 4.78 is 4.87. The van der Waals surface area contributed by atoms with Gasteiger partial charge in [0, 0.05) is 5.56 Å². The molecule has 0 radical (unpaired) electrons. The van der Waals surface area contributed by atoms with E-state index in [1.165, 1.54) is 0 Å². The Hall–Kier alpha value is -3.31. The van der Waals surface area contributed by atoms with Crippen molar-refractivity contribution >= 4 is 29.5 Å². The molecule has 0 aliphatic carbocycles. The number of carbonyl (C=O) groups excluding carboxylic acids is 5. The van der Waals surface area contributed by atoms with E-state index in [1.807, 2.05) is 13.8 Å². The Kier molecular flexibility index (Phi) is 11.0. The van der Waals surface area contributed by atoms with Crippen LogP contribution in [0.3, 0.4) is 0 Å². The van der Waals surface area contributed by atoms with Crippen molar-refractivity contribution in [2.24, 2.45) is 17.4 Å². The quantitative estimate of drug-likeness (QED) is 0.179. The molecule has 0 aliphatic heterocycles. The third-order valence-electron chi connectivity index (χ3n) is 4.33. The molecule has 0 bridgehead atoms. The number of hydrogen-bond acceptors (Lipinski definition) is 8. The summed E-state index contributed by atoms with van der Waals surface area (Å²) in [4.78, 5) is 60.3. The number of primary amides is 1. The minimum absolute atomic E-state index is 0.117. The van der Waals surface area contributed by atoms with E-state index < -0.39 is 67.2 Å². The summed E-state index contributed by atoms with van der Waals surface area (Å²) in [5.74, 6) is -3.91. The minimum atomic E-state index is -1.53. The Morgan fingerprint density at radius 2 is 1.59 bits per heavy atom. The Morgan fingerprint density at radius 1 is 1.00 bits per heavy atom. The fourth-order valence-corrected chi connectivity index (χ4v) is 2.70. The predicted octanol–water partition coefficient (Wildman–Crippen LogP) is -1.38. The first-order chi connectivity index (χ1) is 15.0. The second-order valence-corrected chi connectivity index (χ2v) is 7.61. The van der Waals surface area contributed by atoms with Crippen molar-refractivity contribution in [2.45, 2.75) is 44.8 Å². The molecule has 3 amide bonds. The standard InChI is InChI=1S/C21H30N4O7/c1-12(2)8-14(22)19(29)24-15(9-18(23)28)20(30)25-16(10-26)21(31)32-11-17(27)13-6-4-3-5-7-13/h3-7,12,14-16,26H,8-11,22H2,1-2H3,(H2,23,28)(H,24,29)(H,25,30). The summed E-state index contributed by atoms with van der Waals surface area (Å²) >= 11 is 0. The van der Waals surface area contributed by atoms with E-state index in [4.69, 9.17) is 16.2 Å². The van der Waals surface area contributed by atoms with E-state index in [-0.39, 0.29) is 5.92 Å². The molecular formula is C21H30N4O7. The molecule has 176 valence electrons. The highest BCUT2D eigenvalue weighted by atomic mass is 16.5. The molecule has 0 saturated heterocycles. The van der Waals surface area contributed by atoms with E-state index in [0.717, 1.165) is 0 Å². The average Bonchev–Trinajstić information content (AvgIpc) is 2.74. The number of ether oxygens (including phenoxy) is 1. The van der Waals surface area contributed by atoms with Crippen molar-refractivity contribution < 1.29 is 33.8 Å². The molecule has 0 saturated carbocycles. The molecule has 3 atom stereocenters. The summed E-state index contributed by atoms with van der Waals surface area (Å²) in [7, 11) is 0. The summed E-state index contributed by atoms with van der Waals surface area (Å²) in [6, 6.07) is 4.25. The second-order valence-electron chi connectivity index (χ2n) is 7.61. The van der Waals surface area contributed by atoms with Crippen molar-refractivity contribution in [3.8, 4) is 0 Å². The number of ketones is 1. The van der Waals surface area contributed by atoms with Crippen LogP contribution < -0.4 is 22.1 Å². The maximum Gasteiger partial charge on any atom is 0.331 e. The maximum atomic E-state index is 12.5. The SMILES string of the molecule is CC(C)CC(N)C(=O)NC(CC(N)=O)C(=O)NC(CO)C(=O)OCC(=O)c1ccccc1. The highest BCUT2D eigenvalue weighted by Crippen LogP contribution is 2.05. The number of hydrogen-bond donors (Lipinski definition) is 5. The van der Waals surface area contributed by atoms with Crippen molar-refractivity contribution in [1.82, 2.24) is 10.6 Å². The number of esters is 1. The average molecular weight is 450 g/mol. The number of amides is 3. The Bertz CT molecular complexity index is 814. The number of rotatable bonds is 13. The maximum absolute atomic E-state index is 12.5. The third-order valence-corrected chi connectivity index (χ3v) is 4.33. The number of benzene rings is 1. The number of carbonyl (C=O) groups is 5. The zero-order chi connectivity index (χ0) is 24.3. The first-order valence-corrected chi connectivity index (χ1v) is 10.1. The van der Waals surface area contributed by atoms with Gasteiger partial charge in [-0.1, -0.05) is 44.2 Å². The molecule has 0 fully saturated rings. The first kappa shape index (κ1) is 26.7. The molecule has 1 aromatic carbocycles. The van der Waals surface area contributed by atoms with E-state index in [9.17, 15) is 29.1 Å². The van der Waals surface area contributed by atoms with Crippen LogP contribution in [0.2, 0.25) is 0 Å². The summed E-state index contributed by atoms with van der Waals surface area (Å²) in [5, 5.41) is 14.0. The molecule has 32 heavy (non-hydrogen) atoms. The zero-order valence-corrected chi connectivity index (χ0v) is 18.1. The minimum Gasteiger partial charge on any atom is -0.456 e. The molecule has 11 heteroatoms. The van der Waals surface area contributed by atoms with Crippen molar-refractivity contribution in [1.29, 1.82) is 0 Å². The Balaban J connectivity index is 2.73. The van der Waals surface area contributed by atoms with Crippen LogP contribution in [0.25, 0.3) is 0 Å². The predicted molar refractivity (Wildman–Crippen MR) is 114 cm³/mol. The van der Waals surface area contributed by atoms with Crippen molar-refractivity contribution in [3.05, 3.63) is 35.9 Å². The van der Waals surface area contributed by atoms with Gasteiger partial charge in [0.05, 0.1) is 19.1 Å². The van der Waals surface area contributed by atoms with E-state index in [2.05, 4.69) is 10.6 Å². The van der Waals surface area contributed by atoms with Gasteiger partial charge in [-0.05, 0) is 12.3 Å². The molecule has 1 aromatic rings. The molecule has 3 unspecified atom stereocenters. The highest BCUT2D eigenvalue weighted by molar-refractivity contribution is 5.98. The van der Waals surface area contributed by atoms with Crippen LogP contribution in [0.4, 0.5) is 0 Å². The molecular weight excluding hydrogens is 420 g/mol.